The van der Waals surface area contributed by atoms with Crippen molar-refractivity contribution in [3.63, 3.8) is 0 Å². The summed E-state index contributed by atoms with van der Waals surface area (Å²) < 4.78 is 11.4. The van der Waals surface area contributed by atoms with Gasteiger partial charge in [0.15, 0.2) is 0 Å². The van der Waals surface area contributed by atoms with Gasteiger partial charge in [-0.25, -0.2) is 0 Å². The minimum Gasteiger partial charge on any atom is -0.493 e. The van der Waals surface area contributed by atoms with E-state index in [1.807, 2.05) is 55.5 Å². The highest BCUT2D eigenvalue weighted by molar-refractivity contribution is 5.75. The zero-order valence-corrected chi connectivity index (χ0v) is 14.2. The van der Waals surface area contributed by atoms with Crippen LogP contribution in [0.3, 0.4) is 0 Å². The van der Waals surface area contributed by atoms with E-state index in [-0.39, 0.29) is 18.0 Å². The second kappa shape index (κ2) is 9.08. The highest BCUT2D eigenvalue weighted by Crippen LogP contribution is 2.18. The molecular weight excluding hydrogens is 302 g/mol. The number of ether oxygens (including phenoxy) is 2. The number of hydrogen-bond acceptors (Lipinski definition) is 4. The molecule has 0 aliphatic heterocycles. The summed E-state index contributed by atoms with van der Waals surface area (Å²) in [6.45, 7) is 3.98. The Labute approximate surface area is 143 Å². The molecule has 0 spiro atoms. The maximum absolute atomic E-state index is 11.8. The third kappa shape index (κ3) is 5.70. The van der Waals surface area contributed by atoms with Crippen molar-refractivity contribution >= 4 is 5.97 Å². The summed E-state index contributed by atoms with van der Waals surface area (Å²) in [4.78, 5) is 11.8. The average Bonchev–Trinajstić information content (AvgIpc) is 2.60. The predicted molar refractivity (Wildman–Crippen MR) is 94.8 cm³/mol. The number of carbonyl (C=O) groups is 1. The topological polar surface area (TPSA) is 61.5 Å². The normalized spacial score (nSPS) is 14.5. The van der Waals surface area contributed by atoms with Crippen LogP contribution in [0, 0.1) is 5.92 Å². The van der Waals surface area contributed by atoms with Crippen LogP contribution in [-0.2, 0) is 16.0 Å². The third-order valence-electron chi connectivity index (χ3n) is 3.89. The largest absolute Gasteiger partial charge is 0.493 e. The van der Waals surface area contributed by atoms with Crippen LogP contribution in [0.15, 0.2) is 60.7 Å². The SMILES string of the molecule is CC(OC(=O)[C@H](C)N)C(COc1ccccc1)Cc1ccccc1. The number of nitrogens with two attached hydrogens (primary N) is 1. The lowest BCUT2D eigenvalue weighted by Crippen LogP contribution is -2.36. The molecule has 0 radical (unpaired) electrons. The number of carbonyl (C=O) groups excluding carboxylic acids is 1. The van der Waals surface area contributed by atoms with Gasteiger partial charge in [-0.05, 0) is 38.0 Å². The van der Waals surface area contributed by atoms with Crippen molar-refractivity contribution in [2.45, 2.75) is 32.4 Å². The highest BCUT2D eigenvalue weighted by atomic mass is 16.5. The molecule has 0 bridgehead atoms. The van der Waals surface area contributed by atoms with Crippen LogP contribution in [0.25, 0.3) is 0 Å². The Morgan fingerprint density at radius 3 is 2.17 bits per heavy atom. The lowest BCUT2D eigenvalue weighted by Gasteiger charge is -2.25. The zero-order chi connectivity index (χ0) is 17.4. The van der Waals surface area contributed by atoms with Gasteiger partial charge < -0.3 is 15.2 Å². The fourth-order valence-electron chi connectivity index (χ4n) is 2.38. The summed E-state index contributed by atoms with van der Waals surface area (Å²) in [5, 5.41) is 0. The van der Waals surface area contributed by atoms with Crippen LogP contribution < -0.4 is 10.5 Å². The maximum atomic E-state index is 11.8. The monoisotopic (exact) mass is 327 g/mol. The smallest absolute Gasteiger partial charge is 0.322 e. The summed E-state index contributed by atoms with van der Waals surface area (Å²) in [6.07, 6.45) is 0.480. The Morgan fingerprint density at radius 1 is 1.00 bits per heavy atom. The van der Waals surface area contributed by atoms with Crippen molar-refractivity contribution in [2.24, 2.45) is 11.7 Å². The molecule has 2 unspecified atom stereocenters. The minimum absolute atomic E-state index is 0.0373. The van der Waals surface area contributed by atoms with Crippen molar-refractivity contribution in [1.82, 2.24) is 0 Å². The molecule has 0 heterocycles. The Bertz CT molecular complexity index is 613. The van der Waals surface area contributed by atoms with E-state index in [2.05, 4.69) is 12.1 Å². The Kier molecular flexibility index (Phi) is 6.82. The lowest BCUT2D eigenvalue weighted by atomic mass is 9.95. The van der Waals surface area contributed by atoms with E-state index < -0.39 is 6.04 Å². The minimum atomic E-state index is -0.625. The van der Waals surface area contributed by atoms with Crippen LogP contribution in [0.1, 0.15) is 19.4 Å². The van der Waals surface area contributed by atoms with E-state index in [4.69, 9.17) is 15.2 Å². The molecule has 0 amide bonds. The first kappa shape index (κ1) is 18.0. The molecule has 2 aromatic carbocycles. The van der Waals surface area contributed by atoms with Gasteiger partial charge in [0.25, 0.3) is 0 Å². The fourth-order valence-corrected chi connectivity index (χ4v) is 2.38. The second-order valence-corrected chi connectivity index (χ2v) is 6.00. The van der Waals surface area contributed by atoms with E-state index in [1.54, 1.807) is 6.92 Å². The van der Waals surface area contributed by atoms with Crippen LogP contribution in [-0.4, -0.2) is 24.7 Å². The molecule has 0 aromatic heterocycles. The molecule has 2 aromatic rings. The molecule has 0 saturated heterocycles. The molecule has 0 saturated carbocycles. The summed E-state index contributed by atoms with van der Waals surface area (Å²) in [6, 6.07) is 19.1. The number of benzene rings is 2. The van der Waals surface area contributed by atoms with Crippen molar-refractivity contribution in [3.05, 3.63) is 66.2 Å². The van der Waals surface area contributed by atoms with E-state index >= 15 is 0 Å². The molecule has 4 nitrogen and oxygen atoms in total. The molecule has 2 rings (SSSR count). The third-order valence-corrected chi connectivity index (χ3v) is 3.89. The highest BCUT2D eigenvalue weighted by Gasteiger charge is 2.23. The second-order valence-electron chi connectivity index (χ2n) is 6.00. The zero-order valence-electron chi connectivity index (χ0n) is 14.2. The van der Waals surface area contributed by atoms with Gasteiger partial charge in [-0.15, -0.1) is 0 Å². The average molecular weight is 327 g/mol. The molecule has 0 aliphatic carbocycles. The molecular formula is C20H25NO3. The van der Waals surface area contributed by atoms with Crippen molar-refractivity contribution < 1.29 is 14.3 Å². The van der Waals surface area contributed by atoms with Gasteiger partial charge >= 0.3 is 5.97 Å². The molecule has 2 N–H and O–H groups in total. The first-order chi connectivity index (χ1) is 11.6. The van der Waals surface area contributed by atoms with E-state index in [0.717, 1.165) is 12.2 Å². The van der Waals surface area contributed by atoms with Crippen LogP contribution in [0.5, 0.6) is 5.75 Å². The van der Waals surface area contributed by atoms with Gasteiger partial charge in [0.1, 0.15) is 17.9 Å². The van der Waals surface area contributed by atoms with Crippen molar-refractivity contribution in [2.75, 3.05) is 6.61 Å². The standard InChI is InChI=1S/C20H25NO3/c1-15(21)20(22)24-16(2)18(13-17-9-5-3-6-10-17)14-23-19-11-7-4-8-12-19/h3-12,15-16,18H,13-14,21H2,1-2H3/t15-,16?,18?/m0/s1. The fraction of sp³-hybridized carbons (Fsp3) is 0.350. The Hall–Kier alpha value is -2.33. The molecule has 24 heavy (non-hydrogen) atoms. The molecule has 128 valence electrons. The quantitative estimate of drug-likeness (QED) is 0.756. The molecule has 4 heteroatoms. The van der Waals surface area contributed by atoms with Gasteiger partial charge in [-0.2, -0.15) is 0 Å². The van der Waals surface area contributed by atoms with Gasteiger partial charge in [0.2, 0.25) is 0 Å². The first-order valence-electron chi connectivity index (χ1n) is 8.24. The predicted octanol–water partition coefficient (Wildman–Crippen LogP) is 3.20. The molecule has 3 atom stereocenters. The van der Waals surface area contributed by atoms with Crippen LogP contribution in [0.4, 0.5) is 0 Å². The lowest BCUT2D eigenvalue weighted by molar-refractivity contribution is -0.152. The maximum Gasteiger partial charge on any atom is 0.322 e. The van der Waals surface area contributed by atoms with Gasteiger partial charge in [0, 0.05) is 5.92 Å². The van der Waals surface area contributed by atoms with Gasteiger partial charge in [-0.1, -0.05) is 48.5 Å². The summed E-state index contributed by atoms with van der Waals surface area (Å²) in [5.41, 5.74) is 6.78. The Balaban J connectivity index is 2.03. The van der Waals surface area contributed by atoms with E-state index in [9.17, 15) is 4.79 Å². The number of esters is 1. The van der Waals surface area contributed by atoms with Crippen LogP contribution >= 0.6 is 0 Å². The number of rotatable bonds is 8. The summed E-state index contributed by atoms with van der Waals surface area (Å²) in [5.74, 6) is 0.455. The van der Waals surface area contributed by atoms with Gasteiger partial charge in [0.05, 0.1) is 6.61 Å². The molecule has 0 fully saturated rings. The number of para-hydroxylation sites is 1. The van der Waals surface area contributed by atoms with Gasteiger partial charge in [-0.3, -0.25) is 4.79 Å². The summed E-state index contributed by atoms with van der Waals surface area (Å²) >= 11 is 0. The van der Waals surface area contributed by atoms with Crippen LogP contribution in [0.2, 0.25) is 0 Å². The van der Waals surface area contributed by atoms with E-state index in [0.29, 0.717) is 6.61 Å². The summed E-state index contributed by atoms with van der Waals surface area (Å²) in [7, 11) is 0. The van der Waals surface area contributed by atoms with Crippen molar-refractivity contribution in [1.29, 1.82) is 0 Å². The molecule has 0 aliphatic rings. The first-order valence-corrected chi connectivity index (χ1v) is 8.24. The van der Waals surface area contributed by atoms with Crippen molar-refractivity contribution in [3.8, 4) is 5.75 Å². The van der Waals surface area contributed by atoms with E-state index in [1.165, 1.54) is 5.56 Å². The Morgan fingerprint density at radius 2 is 1.58 bits per heavy atom. The number of hydrogen-bond donors (Lipinski definition) is 1.